The van der Waals surface area contributed by atoms with Crippen molar-refractivity contribution in [2.75, 3.05) is 33.4 Å². The zero-order valence-corrected chi connectivity index (χ0v) is 18.0. The van der Waals surface area contributed by atoms with Gasteiger partial charge in [0.1, 0.15) is 11.4 Å². The number of fused-ring (bicyclic) bond motifs is 1. The summed E-state index contributed by atoms with van der Waals surface area (Å²) in [6, 6.07) is 9.51. The van der Waals surface area contributed by atoms with Crippen molar-refractivity contribution in [2.45, 2.75) is 27.1 Å². The van der Waals surface area contributed by atoms with Crippen LogP contribution in [0.25, 0.3) is 10.2 Å². The number of rotatable bonds is 11. The lowest BCUT2D eigenvalue weighted by Crippen LogP contribution is -2.28. The van der Waals surface area contributed by atoms with Crippen LogP contribution in [0.5, 0.6) is 11.5 Å². The van der Waals surface area contributed by atoms with Crippen LogP contribution in [0.15, 0.2) is 41.3 Å². The van der Waals surface area contributed by atoms with Crippen LogP contribution in [0.3, 0.4) is 0 Å². The Hall–Kier alpha value is -2.42. The molecule has 29 heavy (non-hydrogen) atoms. The van der Waals surface area contributed by atoms with E-state index in [4.69, 9.17) is 9.47 Å². The molecule has 0 saturated carbocycles. The Bertz CT molecular complexity index is 981. The second-order valence-corrected chi connectivity index (χ2v) is 7.59. The molecule has 8 heteroatoms. The van der Waals surface area contributed by atoms with Gasteiger partial charge in [-0.25, -0.2) is 8.94 Å². The third kappa shape index (κ3) is 5.35. The standard InChI is InChI=1S/C21H28N4O3S/c1-4-24(5-2)11-12-28-18-9-8-16(13-19(18)27-3)14-22-15-25-21(26)17-7-6-10-23-20(17)29-25/h6-10,13,22H,4-5,11-12,14-15H2,1-3H3. The lowest BCUT2D eigenvalue weighted by atomic mass is 10.2. The maximum absolute atomic E-state index is 12.4. The SMILES string of the molecule is CCN(CC)CCOc1ccc(CNCn2sc3ncccc3c2=O)cc1OC. The van der Waals surface area contributed by atoms with E-state index in [2.05, 4.69) is 29.0 Å². The number of benzene rings is 1. The Morgan fingerprint density at radius 2 is 2.03 bits per heavy atom. The van der Waals surface area contributed by atoms with Gasteiger partial charge in [0.15, 0.2) is 11.5 Å². The van der Waals surface area contributed by atoms with Crippen LogP contribution in [0.4, 0.5) is 0 Å². The average Bonchev–Trinajstić information content (AvgIpc) is 3.07. The van der Waals surface area contributed by atoms with Gasteiger partial charge in [-0.05, 0) is 54.5 Å². The Balaban J connectivity index is 1.57. The number of hydrogen-bond donors (Lipinski definition) is 1. The van der Waals surface area contributed by atoms with Crippen molar-refractivity contribution in [1.29, 1.82) is 0 Å². The van der Waals surface area contributed by atoms with Gasteiger partial charge in [0.2, 0.25) is 0 Å². The fourth-order valence-electron chi connectivity index (χ4n) is 3.08. The van der Waals surface area contributed by atoms with E-state index in [1.165, 1.54) is 11.5 Å². The maximum atomic E-state index is 12.4. The van der Waals surface area contributed by atoms with E-state index in [0.29, 0.717) is 31.0 Å². The Kier molecular flexibility index (Phi) is 7.62. The Labute approximate surface area is 175 Å². The second kappa shape index (κ2) is 10.4. The number of aromatic nitrogens is 2. The molecule has 0 unspecified atom stereocenters. The molecule has 2 heterocycles. The molecule has 156 valence electrons. The largest absolute Gasteiger partial charge is 0.493 e. The van der Waals surface area contributed by atoms with Gasteiger partial charge in [0.05, 0.1) is 19.2 Å². The zero-order chi connectivity index (χ0) is 20.6. The molecule has 0 radical (unpaired) electrons. The van der Waals surface area contributed by atoms with Gasteiger partial charge in [-0.2, -0.15) is 0 Å². The monoisotopic (exact) mass is 416 g/mol. The van der Waals surface area contributed by atoms with E-state index in [9.17, 15) is 4.79 Å². The predicted molar refractivity (Wildman–Crippen MR) is 117 cm³/mol. The fourth-order valence-corrected chi connectivity index (χ4v) is 3.99. The van der Waals surface area contributed by atoms with E-state index in [1.807, 2.05) is 24.3 Å². The molecule has 0 bridgehead atoms. The van der Waals surface area contributed by atoms with Crippen LogP contribution < -0.4 is 20.3 Å². The first-order valence-electron chi connectivity index (χ1n) is 9.83. The minimum atomic E-state index is -0.0138. The van der Waals surface area contributed by atoms with E-state index in [1.54, 1.807) is 23.3 Å². The van der Waals surface area contributed by atoms with Crippen LogP contribution in [-0.4, -0.2) is 47.2 Å². The molecule has 3 aromatic rings. The van der Waals surface area contributed by atoms with Crippen LogP contribution >= 0.6 is 11.5 Å². The van der Waals surface area contributed by atoms with Crippen molar-refractivity contribution in [2.24, 2.45) is 0 Å². The van der Waals surface area contributed by atoms with Gasteiger partial charge in [-0.3, -0.25) is 10.1 Å². The number of pyridine rings is 1. The summed E-state index contributed by atoms with van der Waals surface area (Å²) in [5.74, 6) is 1.46. The average molecular weight is 417 g/mol. The summed E-state index contributed by atoms with van der Waals surface area (Å²) < 4.78 is 13.1. The van der Waals surface area contributed by atoms with Crippen molar-refractivity contribution < 1.29 is 9.47 Å². The van der Waals surface area contributed by atoms with Crippen LogP contribution in [0.2, 0.25) is 0 Å². The van der Waals surface area contributed by atoms with E-state index in [0.717, 1.165) is 35.8 Å². The van der Waals surface area contributed by atoms with Crippen molar-refractivity contribution in [1.82, 2.24) is 19.2 Å². The molecular weight excluding hydrogens is 388 g/mol. The van der Waals surface area contributed by atoms with E-state index in [-0.39, 0.29) is 5.56 Å². The van der Waals surface area contributed by atoms with Gasteiger partial charge >= 0.3 is 0 Å². The first-order chi connectivity index (χ1) is 14.2. The summed E-state index contributed by atoms with van der Waals surface area (Å²) >= 11 is 1.37. The normalized spacial score (nSPS) is 11.3. The summed E-state index contributed by atoms with van der Waals surface area (Å²) in [7, 11) is 1.65. The third-order valence-electron chi connectivity index (χ3n) is 4.80. The smallest absolute Gasteiger partial charge is 0.271 e. The predicted octanol–water partition coefficient (Wildman–Crippen LogP) is 2.93. The number of hydrogen-bond acceptors (Lipinski definition) is 7. The summed E-state index contributed by atoms with van der Waals surface area (Å²) in [6.45, 7) is 8.89. The first-order valence-corrected chi connectivity index (χ1v) is 10.6. The summed E-state index contributed by atoms with van der Waals surface area (Å²) in [6.07, 6.45) is 1.70. The third-order valence-corrected chi connectivity index (χ3v) is 5.81. The van der Waals surface area contributed by atoms with E-state index < -0.39 is 0 Å². The maximum Gasteiger partial charge on any atom is 0.271 e. The highest BCUT2D eigenvalue weighted by Gasteiger charge is 2.09. The fraction of sp³-hybridized carbons (Fsp3) is 0.429. The minimum absolute atomic E-state index is 0.0138. The molecule has 1 N–H and O–H groups in total. The zero-order valence-electron chi connectivity index (χ0n) is 17.2. The molecule has 0 aliphatic heterocycles. The molecule has 0 spiro atoms. The van der Waals surface area contributed by atoms with Crippen LogP contribution in [-0.2, 0) is 13.2 Å². The van der Waals surface area contributed by atoms with Crippen molar-refractivity contribution in [3.63, 3.8) is 0 Å². The summed E-state index contributed by atoms with van der Waals surface area (Å²) in [4.78, 5) is 19.7. The topological polar surface area (TPSA) is 68.6 Å². The Morgan fingerprint density at radius 3 is 2.76 bits per heavy atom. The molecule has 0 aliphatic rings. The molecule has 0 saturated heterocycles. The molecule has 1 aromatic carbocycles. The number of likely N-dealkylation sites (N-methyl/N-ethyl adjacent to an activating group) is 1. The molecule has 3 rings (SSSR count). The number of ether oxygens (including phenoxy) is 2. The quantitative estimate of drug-likeness (QED) is 0.518. The van der Waals surface area contributed by atoms with E-state index >= 15 is 0 Å². The van der Waals surface area contributed by atoms with Crippen LogP contribution in [0, 0.1) is 0 Å². The molecule has 0 aliphatic carbocycles. The van der Waals surface area contributed by atoms with Gasteiger partial charge in [-0.1, -0.05) is 19.9 Å². The Morgan fingerprint density at radius 1 is 1.21 bits per heavy atom. The highest BCUT2D eigenvalue weighted by molar-refractivity contribution is 7.13. The molecule has 2 aromatic heterocycles. The van der Waals surface area contributed by atoms with Crippen LogP contribution in [0.1, 0.15) is 19.4 Å². The van der Waals surface area contributed by atoms with Crippen molar-refractivity contribution >= 4 is 21.7 Å². The number of methoxy groups -OCH3 is 1. The lowest BCUT2D eigenvalue weighted by Gasteiger charge is -2.19. The molecule has 0 atom stereocenters. The highest BCUT2D eigenvalue weighted by Crippen LogP contribution is 2.28. The molecular formula is C21H28N4O3S. The first kappa shape index (κ1) is 21.3. The molecule has 7 nitrogen and oxygen atoms in total. The summed E-state index contributed by atoms with van der Waals surface area (Å²) in [5.41, 5.74) is 1.05. The summed E-state index contributed by atoms with van der Waals surface area (Å²) in [5, 5.41) is 3.97. The van der Waals surface area contributed by atoms with Crippen molar-refractivity contribution in [3.05, 3.63) is 52.4 Å². The number of nitrogens with one attached hydrogen (secondary N) is 1. The van der Waals surface area contributed by atoms with Gasteiger partial charge < -0.3 is 14.4 Å². The molecule has 0 fully saturated rings. The molecule has 0 amide bonds. The van der Waals surface area contributed by atoms with Gasteiger partial charge in [-0.15, -0.1) is 0 Å². The van der Waals surface area contributed by atoms with Gasteiger partial charge in [0.25, 0.3) is 5.56 Å². The van der Waals surface area contributed by atoms with Crippen molar-refractivity contribution in [3.8, 4) is 11.5 Å². The minimum Gasteiger partial charge on any atom is -0.493 e. The second-order valence-electron chi connectivity index (χ2n) is 6.58. The number of nitrogens with zero attached hydrogens (tertiary/aromatic N) is 3. The van der Waals surface area contributed by atoms with Gasteiger partial charge in [0, 0.05) is 19.3 Å². The highest BCUT2D eigenvalue weighted by atomic mass is 32.1. The lowest BCUT2D eigenvalue weighted by molar-refractivity contribution is 0.217.